The van der Waals surface area contributed by atoms with Crippen molar-refractivity contribution in [2.45, 2.75) is 26.4 Å². The zero-order valence-corrected chi connectivity index (χ0v) is 12.4. The van der Waals surface area contributed by atoms with Gasteiger partial charge >= 0.3 is 6.09 Å². The van der Waals surface area contributed by atoms with Gasteiger partial charge in [0.25, 0.3) is 0 Å². The van der Waals surface area contributed by atoms with Crippen LogP contribution >= 0.6 is 22.6 Å². The van der Waals surface area contributed by atoms with Crippen LogP contribution in [0.5, 0.6) is 0 Å². The molecule has 0 aliphatic heterocycles. The molecule has 2 N–H and O–H groups in total. The molecule has 94 valence electrons. The van der Waals surface area contributed by atoms with E-state index in [1.807, 2.05) is 45.2 Å². The first-order valence-corrected chi connectivity index (χ1v) is 6.42. The Morgan fingerprint density at radius 1 is 1.59 bits per heavy atom. The molecule has 5 heteroatoms. The van der Waals surface area contributed by atoms with Crippen LogP contribution in [0, 0.1) is 3.57 Å². The normalized spacial score (nSPS) is 11.8. The molecule has 0 bridgehead atoms. The van der Waals surface area contributed by atoms with Crippen LogP contribution in [0.2, 0.25) is 0 Å². The Morgan fingerprint density at radius 3 is 2.82 bits per heavy atom. The molecule has 17 heavy (non-hydrogen) atoms. The highest BCUT2D eigenvalue weighted by atomic mass is 127. The highest BCUT2D eigenvalue weighted by molar-refractivity contribution is 14.1. The van der Waals surface area contributed by atoms with Gasteiger partial charge in [-0.3, -0.25) is 0 Å². The second kappa shape index (κ2) is 6.09. The summed E-state index contributed by atoms with van der Waals surface area (Å²) in [6.45, 7) is 5.96. The predicted molar refractivity (Wildman–Crippen MR) is 76.8 cm³/mol. The average Bonchev–Trinajstić information content (AvgIpc) is 2.56. The van der Waals surface area contributed by atoms with E-state index < -0.39 is 11.7 Å². The maximum Gasteiger partial charge on any atom is 0.407 e. The maximum absolute atomic E-state index is 11.3. The summed E-state index contributed by atoms with van der Waals surface area (Å²) >= 11 is 2.23. The summed E-state index contributed by atoms with van der Waals surface area (Å²) in [4.78, 5) is 14.4. The molecule has 0 aromatic carbocycles. The van der Waals surface area contributed by atoms with Crippen molar-refractivity contribution >= 4 is 34.8 Å². The third-order valence-electron chi connectivity index (χ3n) is 1.73. The SMILES string of the molecule is CC(C)(C)OC(=O)NCC=Cc1cc(I)c[nH]1. The van der Waals surface area contributed by atoms with Crippen molar-refractivity contribution in [1.29, 1.82) is 0 Å². The van der Waals surface area contributed by atoms with E-state index in [-0.39, 0.29) is 0 Å². The van der Waals surface area contributed by atoms with Crippen LogP contribution in [-0.4, -0.2) is 23.2 Å². The minimum absolute atomic E-state index is 0.400. The van der Waals surface area contributed by atoms with Crippen molar-refractivity contribution in [1.82, 2.24) is 10.3 Å². The molecule has 1 rings (SSSR count). The molecule has 0 saturated carbocycles. The molecule has 1 aromatic heterocycles. The van der Waals surface area contributed by atoms with Gasteiger partial charge in [0, 0.05) is 22.0 Å². The summed E-state index contributed by atoms with van der Waals surface area (Å²) in [5.74, 6) is 0. The van der Waals surface area contributed by atoms with Crippen LogP contribution in [0.25, 0.3) is 6.08 Å². The molecule has 0 spiro atoms. The van der Waals surface area contributed by atoms with Crippen molar-refractivity contribution in [3.8, 4) is 0 Å². The fraction of sp³-hybridized carbons (Fsp3) is 0.417. The van der Waals surface area contributed by atoms with Crippen LogP contribution in [0.4, 0.5) is 4.79 Å². The van der Waals surface area contributed by atoms with E-state index in [4.69, 9.17) is 4.74 Å². The number of halogens is 1. The van der Waals surface area contributed by atoms with Gasteiger partial charge < -0.3 is 15.0 Å². The smallest absolute Gasteiger partial charge is 0.407 e. The van der Waals surface area contributed by atoms with Crippen LogP contribution in [0.3, 0.4) is 0 Å². The lowest BCUT2D eigenvalue weighted by Gasteiger charge is -2.19. The molecule has 0 aliphatic carbocycles. The Kier molecular flexibility index (Phi) is 5.04. The molecule has 4 nitrogen and oxygen atoms in total. The van der Waals surface area contributed by atoms with Crippen LogP contribution in [-0.2, 0) is 4.74 Å². The minimum atomic E-state index is -0.455. The van der Waals surface area contributed by atoms with Crippen molar-refractivity contribution in [3.63, 3.8) is 0 Å². The van der Waals surface area contributed by atoms with Crippen molar-refractivity contribution < 1.29 is 9.53 Å². The van der Waals surface area contributed by atoms with Crippen molar-refractivity contribution in [3.05, 3.63) is 27.6 Å². The number of aromatic amines is 1. The largest absolute Gasteiger partial charge is 0.444 e. The zero-order chi connectivity index (χ0) is 12.9. The van der Waals surface area contributed by atoms with Gasteiger partial charge in [-0.05, 0) is 55.5 Å². The summed E-state index contributed by atoms with van der Waals surface area (Å²) in [6.07, 6.45) is 5.30. The molecule has 1 heterocycles. The van der Waals surface area contributed by atoms with Gasteiger partial charge in [-0.1, -0.05) is 6.08 Å². The zero-order valence-electron chi connectivity index (χ0n) is 10.2. The summed E-state index contributed by atoms with van der Waals surface area (Å²) in [5, 5.41) is 2.65. The second-order valence-electron chi connectivity index (χ2n) is 4.56. The summed E-state index contributed by atoms with van der Waals surface area (Å²) in [5.41, 5.74) is 0.559. The molecule has 0 radical (unpaired) electrons. The number of alkyl carbamates (subject to hydrolysis) is 1. The highest BCUT2D eigenvalue weighted by Crippen LogP contribution is 2.07. The number of hydrogen-bond acceptors (Lipinski definition) is 2. The first-order valence-electron chi connectivity index (χ1n) is 5.34. The topological polar surface area (TPSA) is 54.1 Å². The van der Waals surface area contributed by atoms with Gasteiger partial charge in [-0.15, -0.1) is 0 Å². The molecule has 0 atom stereocenters. The van der Waals surface area contributed by atoms with Crippen molar-refractivity contribution in [2.24, 2.45) is 0 Å². The number of amides is 1. The number of aromatic nitrogens is 1. The highest BCUT2D eigenvalue weighted by Gasteiger charge is 2.14. The standard InChI is InChI=1S/C12H17IN2O2/c1-12(2,3)17-11(16)14-6-4-5-10-7-9(13)8-15-10/h4-5,7-8,15H,6H2,1-3H3,(H,14,16). The lowest BCUT2D eigenvalue weighted by atomic mass is 10.2. The second-order valence-corrected chi connectivity index (χ2v) is 5.80. The van der Waals surface area contributed by atoms with E-state index in [2.05, 4.69) is 32.9 Å². The quantitative estimate of drug-likeness (QED) is 0.825. The molecule has 0 aliphatic rings. The van der Waals surface area contributed by atoms with Gasteiger partial charge in [-0.2, -0.15) is 0 Å². The first kappa shape index (κ1) is 14.1. The molecular formula is C12H17IN2O2. The summed E-state index contributed by atoms with van der Waals surface area (Å²) in [6, 6.07) is 2.02. The number of hydrogen-bond donors (Lipinski definition) is 2. The molecule has 1 aromatic rings. The van der Waals surface area contributed by atoms with Crippen LogP contribution in [0.1, 0.15) is 26.5 Å². The van der Waals surface area contributed by atoms with E-state index in [1.165, 1.54) is 0 Å². The lowest BCUT2D eigenvalue weighted by molar-refractivity contribution is 0.0534. The Labute approximate surface area is 115 Å². The molecular weight excluding hydrogens is 331 g/mol. The molecule has 0 saturated heterocycles. The van der Waals surface area contributed by atoms with Gasteiger partial charge in [0.2, 0.25) is 0 Å². The third-order valence-corrected chi connectivity index (χ3v) is 2.35. The monoisotopic (exact) mass is 348 g/mol. The van der Waals surface area contributed by atoms with Gasteiger partial charge in [0.1, 0.15) is 5.60 Å². The van der Waals surface area contributed by atoms with Gasteiger partial charge in [0.05, 0.1) is 0 Å². The van der Waals surface area contributed by atoms with Gasteiger partial charge in [0.15, 0.2) is 0 Å². The van der Waals surface area contributed by atoms with E-state index in [9.17, 15) is 4.79 Å². The molecule has 0 fully saturated rings. The molecule has 0 unspecified atom stereocenters. The third kappa shape index (κ3) is 6.35. The number of H-pyrrole nitrogens is 1. The Balaban J connectivity index is 2.28. The first-order chi connectivity index (χ1) is 7.87. The van der Waals surface area contributed by atoms with E-state index >= 15 is 0 Å². The van der Waals surface area contributed by atoms with E-state index in [0.29, 0.717) is 6.54 Å². The number of carbonyl (C=O) groups excluding carboxylic acids is 1. The fourth-order valence-corrected chi connectivity index (χ4v) is 1.61. The molecule has 1 amide bonds. The average molecular weight is 348 g/mol. The lowest BCUT2D eigenvalue weighted by Crippen LogP contribution is -2.32. The fourth-order valence-electron chi connectivity index (χ4n) is 1.12. The van der Waals surface area contributed by atoms with E-state index in [1.54, 1.807) is 0 Å². The Bertz CT molecular complexity index is 405. The number of carbonyl (C=O) groups is 1. The summed E-state index contributed by atoms with van der Waals surface area (Å²) < 4.78 is 6.26. The van der Waals surface area contributed by atoms with Crippen LogP contribution in [0.15, 0.2) is 18.3 Å². The summed E-state index contributed by atoms with van der Waals surface area (Å²) in [7, 11) is 0. The minimum Gasteiger partial charge on any atom is -0.444 e. The Hall–Kier alpha value is -0.980. The Morgan fingerprint density at radius 2 is 2.29 bits per heavy atom. The van der Waals surface area contributed by atoms with Crippen LogP contribution < -0.4 is 5.32 Å². The van der Waals surface area contributed by atoms with Crippen molar-refractivity contribution in [2.75, 3.05) is 6.54 Å². The van der Waals surface area contributed by atoms with Gasteiger partial charge in [-0.25, -0.2) is 4.79 Å². The maximum atomic E-state index is 11.3. The number of rotatable bonds is 3. The van der Waals surface area contributed by atoms with E-state index in [0.717, 1.165) is 9.26 Å². The number of ether oxygens (including phenoxy) is 1. The predicted octanol–water partition coefficient (Wildman–Crippen LogP) is 3.16. The number of nitrogens with one attached hydrogen (secondary N) is 2.